The number of rotatable bonds is 0. The summed E-state index contributed by atoms with van der Waals surface area (Å²) in [6.45, 7) is 0. The Morgan fingerprint density at radius 3 is 0.600 bits per heavy atom. The fourth-order valence-electron chi connectivity index (χ4n) is 0. The molecule has 35 valence electrons. The largest absolute Gasteiger partial charge is 0.412 e. The van der Waals surface area contributed by atoms with Gasteiger partial charge in [-0.2, -0.15) is 0 Å². The van der Waals surface area contributed by atoms with Gasteiger partial charge in [-0.05, 0) is 0 Å². The first-order chi connectivity index (χ1) is 0. The van der Waals surface area contributed by atoms with Crippen molar-refractivity contribution < 1.29 is 5.48 Å². The molecule has 0 aromatic carbocycles. The van der Waals surface area contributed by atoms with Crippen LogP contribution < -0.4 is 0 Å². The summed E-state index contributed by atoms with van der Waals surface area (Å²) < 4.78 is 0. The fraction of sp³-hybridized carbons (Fsp3) is 0. The third-order valence-electron chi connectivity index (χ3n) is 0. The van der Waals surface area contributed by atoms with E-state index in [1.807, 2.05) is 0 Å². The van der Waals surface area contributed by atoms with E-state index in [0.29, 0.717) is 0 Å². The first kappa shape index (κ1) is 72.8. The van der Waals surface area contributed by atoms with Crippen LogP contribution in [0.1, 0.15) is 0 Å². The van der Waals surface area contributed by atoms with Crippen molar-refractivity contribution in [3.63, 3.8) is 0 Å². The van der Waals surface area contributed by atoms with E-state index >= 15 is 0 Å². The minimum atomic E-state index is 0. The molecule has 0 aliphatic rings. The molecule has 0 fully saturated rings. The van der Waals surface area contributed by atoms with Crippen LogP contribution in [0, 0.1) is 0 Å². The van der Waals surface area contributed by atoms with Gasteiger partial charge in [-0.25, -0.2) is 0 Å². The Morgan fingerprint density at radius 2 is 0.600 bits per heavy atom. The standard InChI is InChI=1S/3ClH.H2O.Tl/h3*1H;1H2;. The SMILES string of the molecule is Cl.Cl.Cl.O.[Tl]. The van der Waals surface area contributed by atoms with Gasteiger partial charge in [0.2, 0.25) is 0 Å². The second-order valence-electron chi connectivity index (χ2n) is 0. The van der Waals surface area contributed by atoms with Crippen LogP contribution in [-0.2, 0) is 0 Å². The maximum Gasteiger partial charge on any atom is 0 e. The molecule has 0 aliphatic heterocycles. The minimum absolute atomic E-state index is 0. The van der Waals surface area contributed by atoms with Crippen molar-refractivity contribution in [2.45, 2.75) is 0 Å². The van der Waals surface area contributed by atoms with Crippen molar-refractivity contribution in [1.29, 1.82) is 0 Å². The van der Waals surface area contributed by atoms with Crippen LogP contribution in [0.5, 0.6) is 0 Å². The summed E-state index contributed by atoms with van der Waals surface area (Å²) >= 11 is 0. The molecule has 0 unspecified atom stereocenters. The molecule has 5 heavy (non-hydrogen) atoms. The van der Waals surface area contributed by atoms with Gasteiger partial charge in [0.15, 0.2) is 0 Å². The predicted molar refractivity (Wildman–Crippen MR) is 31.1 cm³/mol. The van der Waals surface area contributed by atoms with E-state index in [0.717, 1.165) is 0 Å². The summed E-state index contributed by atoms with van der Waals surface area (Å²) in [7, 11) is 0. The topological polar surface area (TPSA) is 31.5 Å². The van der Waals surface area contributed by atoms with Crippen LogP contribution in [0.3, 0.4) is 0 Å². The van der Waals surface area contributed by atoms with Crippen molar-refractivity contribution in [1.82, 2.24) is 0 Å². The molecule has 0 bridgehead atoms. The molecule has 1 nitrogen and oxygen atoms in total. The molecule has 0 heterocycles. The summed E-state index contributed by atoms with van der Waals surface area (Å²) in [5.41, 5.74) is 0. The molecule has 0 saturated heterocycles. The van der Waals surface area contributed by atoms with Crippen molar-refractivity contribution in [2.75, 3.05) is 0 Å². The van der Waals surface area contributed by atoms with E-state index in [1.165, 1.54) is 0 Å². The van der Waals surface area contributed by atoms with Gasteiger partial charge in [0.25, 0.3) is 0 Å². The van der Waals surface area contributed by atoms with E-state index in [9.17, 15) is 0 Å². The molecule has 1 radical (unpaired) electrons. The Morgan fingerprint density at radius 1 is 0.600 bits per heavy atom. The van der Waals surface area contributed by atoms with Gasteiger partial charge in [-0.3, -0.25) is 0 Å². The van der Waals surface area contributed by atoms with Gasteiger partial charge in [0.1, 0.15) is 0 Å². The third-order valence-corrected chi connectivity index (χ3v) is 0. The molecule has 2 N–H and O–H groups in total. The second kappa shape index (κ2) is 42.3. The van der Waals surface area contributed by atoms with E-state index in [1.54, 1.807) is 0 Å². The second-order valence-corrected chi connectivity index (χ2v) is 0. The smallest absolute Gasteiger partial charge is 0 e. The predicted octanol–water partition coefficient (Wildman–Crippen LogP) is 0.0599. The van der Waals surface area contributed by atoms with Gasteiger partial charge in [0, 0.05) is 27.3 Å². The molecular weight excluding hydrogens is 327 g/mol. The summed E-state index contributed by atoms with van der Waals surface area (Å²) in [6.07, 6.45) is 0. The zero-order valence-electron chi connectivity index (χ0n) is 2.30. The summed E-state index contributed by atoms with van der Waals surface area (Å²) in [5.74, 6) is 0. The summed E-state index contributed by atoms with van der Waals surface area (Å²) in [4.78, 5) is 0. The van der Waals surface area contributed by atoms with Gasteiger partial charge in [-0.15, -0.1) is 37.2 Å². The monoisotopic (exact) mass is 331 g/mol. The molecule has 0 saturated carbocycles. The summed E-state index contributed by atoms with van der Waals surface area (Å²) in [6, 6.07) is 0. The molecule has 5 heteroatoms. The molecule has 0 amide bonds. The van der Waals surface area contributed by atoms with Gasteiger partial charge >= 0.3 is 0 Å². The van der Waals surface area contributed by atoms with Gasteiger partial charge < -0.3 is 5.48 Å². The first-order valence-corrected chi connectivity index (χ1v) is 0. The normalized spacial score (nSPS) is 0. The van der Waals surface area contributed by atoms with Gasteiger partial charge in [-0.1, -0.05) is 0 Å². The Hall–Kier alpha value is 1.75. The first-order valence-electron chi connectivity index (χ1n) is 0. The van der Waals surface area contributed by atoms with E-state index in [2.05, 4.69) is 0 Å². The Kier molecular flexibility index (Phi) is 616. The Balaban J connectivity index is 0. The Bertz CT molecular complexity index is 6.85. The number of halogens is 3. The van der Waals surface area contributed by atoms with Crippen LogP contribution in [0.25, 0.3) is 0 Å². The van der Waals surface area contributed by atoms with Crippen LogP contribution in [0.15, 0.2) is 0 Å². The van der Waals surface area contributed by atoms with Crippen molar-refractivity contribution in [3.8, 4) is 0 Å². The fourth-order valence-corrected chi connectivity index (χ4v) is 0. The maximum absolute atomic E-state index is 0. The Labute approximate surface area is 69.6 Å². The number of hydrogen-bond donors (Lipinski definition) is 0. The average molecular weight is 332 g/mol. The maximum atomic E-state index is 0. The van der Waals surface area contributed by atoms with Gasteiger partial charge in [0.05, 0.1) is 0 Å². The van der Waals surface area contributed by atoms with E-state index < -0.39 is 0 Å². The molecule has 0 aromatic heterocycles. The van der Waals surface area contributed by atoms with Crippen molar-refractivity contribution in [3.05, 3.63) is 0 Å². The zero-order chi connectivity index (χ0) is 0. The van der Waals surface area contributed by atoms with Crippen LogP contribution in [0.4, 0.5) is 0 Å². The molecule has 0 aromatic rings. The van der Waals surface area contributed by atoms with Crippen LogP contribution >= 0.6 is 37.2 Å². The zero-order valence-corrected chi connectivity index (χ0v) is 9.24. The molecular formula is H5Cl3OTl. The van der Waals surface area contributed by atoms with E-state index in [4.69, 9.17) is 0 Å². The molecule has 0 spiro atoms. The number of hydrogen-bond acceptors (Lipinski definition) is 0. The minimum Gasteiger partial charge on any atom is -0.412 e. The quantitative estimate of drug-likeness (QED) is 0.562. The van der Waals surface area contributed by atoms with Crippen molar-refractivity contribution >= 4 is 64.5 Å². The van der Waals surface area contributed by atoms with E-state index in [-0.39, 0.29) is 70.0 Å². The van der Waals surface area contributed by atoms with Crippen LogP contribution in [-0.4, -0.2) is 32.8 Å². The molecule has 0 rings (SSSR count). The molecule has 0 aliphatic carbocycles. The van der Waals surface area contributed by atoms with Crippen LogP contribution in [0.2, 0.25) is 0 Å². The molecule has 0 atom stereocenters. The third kappa shape index (κ3) is 26.4. The summed E-state index contributed by atoms with van der Waals surface area (Å²) in [5, 5.41) is 0. The average Bonchev–Trinajstić information content (AvgIpc) is 0. The van der Waals surface area contributed by atoms with Crippen molar-refractivity contribution in [2.24, 2.45) is 0 Å².